The average molecular weight is 337 g/mol. The molecule has 1 rings (SSSR count). The van der Waals surface area contributed by atoms with Gasteiger partial charge in [-0.15, -0.1) is 11.3 Å². The van der Waals surface area contributed by atoms with Gasteiger partial charge in [-0.05, 0) is 22.0 Å². The number of hydrogen-bond acceptors (Lipinski definition) is 4. The van der Waals surface area contributed by atoms with Gasteiger partial charge in [-0.2, -0.15) is 0 Å². The Bertz CT molecular complexity index is 357. The van der Waals surface area contributed by atoms with Crippen molar-refractivity contribution in [3.63, 3.8) is 0 Å². The third-order valence-electron chi connectivity index (χ3n) is 2.29. The molecule has 0 aliphatic rings. The van der Waals surface area contributed by atoms with E-state index in [9.17, 15) is 0 Å². The molecule has 0 saturated carbocycles. The van der Waals surface area contributed by atoms with Crippen molar-refractivity contribution < 1.29 is 4.74 Å². The van der Waals surface area contributed by atoms with Crippen LogP contribution in [0.15, 0.2) is 15.9 Å². The van der Waals surface area contributed by atoms with Crippen LogP contribution in [0.4, 0.5) is 0 Å². The second-order valence-electron chi connectivity index (χ2n) is 3.72. The largest absolute Gasteiger partial charge is 0.393 e. The topological polar surface area (TPSA) is 38.5 Å². The molecule has 3 nitrogen and oxygen atoms in total. The molecule has 1 heterocycles. The predicted molar refractivity (Wildman–Crippen MR) is 80.6 cm³/mol. The minimum Gasteiger partial charge on any atom is -0.393 e. The van der Waals surface area contributed by atoms with Crippen molar-refractivity contribution in [3.05, 3.63) is 20.8 Å². The highest BCUT2D eigenvalue weighted by molar-refractivity contribution is 9.10. The first-order valence-corrected chi connectivity index (χ1v) is 7.42. The minimum atomic E-state index is 0.569. The molecule has 6 heteroatoms. The Morgan fingerprint density at radius 3 is 2.88 bits per heavy atom. The number of thiophene rings is 1. The van der Waals surface area contributed by atoms with Gasteiger partial charge in [0.05, 0.1) is 11.6 Å². The first kappa shape index (κ1) is 15.0. The summed E-state index contributed by atoms with van der Waals surface area (Å²) in [6, 6.07) is 2.14. The Morgan fingerprint density at radius 1 is 1.59 bits per heavy atom. The molecule has 0 unspecified atom stereocenters. The maximum Gasteiger partial charge on any atom is 0.0740 e. The van der Waals surface area contributed by atoms with E-state index in [1.54, 1.807) is 18.4 Å². The van der Waals surface area contributed by atoms with Crippen LogP contribution in [0.5, 0.6) is 0 Å². The van der Waals surface area contributed by atoms with Gasteiger partial charge < -0.3 is 10.5 Å². The smallest absolute Gasteiger partial charge is 0.0740 e. The molecule has 17 heavy (non-hydrogen) atoms. The summed E-state index contributed by atoms with van der Waals surface area (Å²) in [5.74, 6) is 0. The first-order valence-electron chi connectivity index (χ1n) is 5.34. The fraction of sp³-hybridized carbons (Fsp3) is 0.545. The predicted octanol–water partition coefficient (Wildman–Crippen LogP) is 2.64. The third-order valence-corrected chi connectivity index (χ3v) is 4.17. The van der Waals surface area contributed by atoms with Gasteiger partial charge in [0.2, 0.25) is 0 Å². The lowest BCUT2D eigenvalue weighted by atomic mass is 10.3. The molecule has 1 aromatic rings. The number of halogens is 1. The van der Waals surface area contributed by atoms with Crippen molar-refractivity contribution in [1.29, 1.82) is 0 Å². The molecule has 2 N–H and O–H groups in total. The Balaban J connectivity index is 2.47. The standard InChI is InChI=1S/C11H17BrN2OS2/c1-15-5-4-14(3-2-11(13)16)7-10-6-9(12)8-17-10/h6,8H,2-5,7H2,1H3,(H2,13,16). The Kier molecular flexibility index (Phi) is 7.22. The van der Waals surface area contributed by atoms with E-state index in [-0.39, 0.29) is 0 Å². The maximum atomic E-state index is 5.54. The molecular formula is C11H17BrN2OS2. The highest BCUT2D eigenvalue weighted by atomic mass is 79.9. The van der Waals surface area contributed by atoms with Crippen LogP contribution in [0.3, 0.4) is 0 Å². The second kappa shape index (κ2) is 8.16. The van der Waals surface area contributed by atoms with Crippen molar-refractivity contribution in [3.8, 4) is 0 Å². The summed E-state index contributed by atoms with van der Waals surface area (Å²) in [6.07, 6.45) is 0.756. The number of thiocarbonyl (C=S) groups is 1. The monoisotopic (exact) mass is 336 g/mol. The molecule has 0 aliphatic heterocycles. The van der Waals surface area contributed by atoms with E-state index in [0.717, 1.165) is 37.1 Å². The van der Waals surface area contributed by atoms with Gasteiger partial charge in [0.15, 0.2) is 0 Å². The van der Waals surface area contributed by atoms with Crippen LogP contribution in [0.25, 0.3) is 0 Å². The molecule has 0 saturated heterocycles. The van der Waals surface area contributed by atoms with E-state index in [0.29, 0.717) is 4.99 Å². The molecule has 96 valence electrons. The van der Waals surface area contributed by atoms with Crippen LogP contribution in [0.1, 0.15) is 11.3 Å². The molecule has 0 aromatic carbocycles. The molecule has 0 bridgehead atoms. The van der Waals surface area contributed by atoms with Crippen LogP contribution >= 0.6 is 39.5 Å². The Hall–Kier alpha value is -0.0100. The summed E-state index contributed by atoms with van der Waals surface area (Å²) >= 11 is 10.1. The van der Waals surface area contributed by atoms with Crippen molar-refractivity contribution in [2.24, 2.45) is 5.73 Å². The zero-order valence-corrected chi connectivity index (χ0v) is 13.0. The van der Waals surface area contributed by atoms with Crippen molar-refractivity contribution in [1.82, 2.24) is 4.90 Å². The van der Waals surface area contributed by atoms with Crippen LogP contribution in [-0.2, 0) is 11.3 Å². The lowest BCUT2D eigenvalue weighted by Crippen LogP contribution is -2.30. The van der Waals surface area contributed by atoms with Crippen molar-refractivity contribution in [2.45, 2.75) is 13.0 Å². The lowest BCUT2D eigenvalue weighted by Gasteiger charge is -2.20. The normalized spacial score (nSPS) is 11.0. The third kappa shape index (κ3) is 6.47. The zero-order valence-electron chi connectivity index (χ0n) is 9.82. The fourth-order valence-corrected chi connectivity index (χ4v) is 3.00. The maximum absolute atomic E-state index is 5.54. The van der Waals surface area contributed by atoms with Crippen LogP contribution in [-0.4, -0.2) is 36.7 Å². The molecule has 0 spiro atoms. The molecular weight excluding hydrogens is 320 g/mol. The SMILES string of the molecule is COCCN(CCC(N)=S)Cc1cc(Br)cs1. The van der Waals surface area contributed by atoms with E-state index in [1.165, 1.54) is 4.88 Å². The highest BCUT2D eigenvalue weighted by Crippen LogP contribution is 2.21. The molecule has 1 aromatic heterocycles. The number of rotatable bonds is 8. The highest BCUT2D eigenvalue weighted by Gasteiger charge is 2.08. The Labute approximate surface area is 120 Å². The van der Waals surface area contributed by atoms with Crippen LogP contribution < -0.4 is 5.73 Å². The van der Waals surface area contributed by atoms with Gasteiger partial charge in [0.25, 0.3) is 0 Å². The summed E-state index contributed by atoms with van der Waals surface area (Å²) < 4.78 is 6.25. The van der Waals surface area contributed by atoms with E-state index in [2.05, 4.69) is 32.3 Å². The number of nitrogens with two attached hydrogens (primary N) is 1. The summed E-state index contributed by atoms with van der Waals surface area (Å²) in [7, 11) is 1.72. The first-order chi connectivity index (χ1) is 8.11. The van der Waals surface area contributed by atoms with Gasteiger partial charge in [-0.1, -0.05) is 12.2 Å². The van der Waals surface area contributed by atoms with Gasteiger partial charge >= 0.3 is 0 Å². The van der Waals surface area contributed by atoms with Crippen LogP contribution in [0, 0.1) is 0 Å². The van der Waals surface area contributed by atoms with Crippen molar-refractivity contribution >= 4 is 44.5 Å². The number of nitrogens with zero attached hydrogens (tertiary/aromatic N) is 1. The average Bonchev–Trinajstić information content (AvgIpc) is 2.68. The summed E-state index contributed by atoms with van der Waals surface area (Å²) in [4.78, 5) is 4.21. The fourth-order valence-electron chi connectivity index (χ4n) is 1.42. The number of methoxy groups -OCH3 is 1. The van der Waals surface area contributed by atoms with E-state index >= 15 is 0 Å². The quantitative estimate of drug-likeness (QED) is 0.740. The van der Waals surface area contributed by atoms with E-state index < -0.39 is 0 Å². The Morgan fingerprint density at radius 2 is 2.35 bits per heavy atom. The molecule has 0 aliphatic carbocycles. The molecule has 0 atom stereocenters. The van der Waals surface area contributed by atoms with Gasteiger partial charge in [0, 0.05) is 47.9 Å². The summed E-state index contributed by atoms with van der Waals surface area (Å²) in [5.41, 5.74) is 5.54. The van der Waals surface area contributed by atoms with Crippen molar-refractivity contribution in [2.75, 3.05) is 26.8 Å². The number of hydrogen-bond donors (Lipinski definition) is 1. The summed E-state index contributed by atoms with van der Waals surface area (Å²) in [6.45, 7) is 3.43. The number of ether oxygens (including phenoxy) is 1. The minimum absolute atomic E-state index is 0.569. The lowest BCUT2D eigenvalue weighted by molar-refractivity contribution is 0.146. The van der Waals surface area contributed by atoms with Gasteiger partial charge in [-0.25, -0.2) is 0 Å². The van der Waals surface area contributed by atoms with E-state index in [4.69, 9.17) is 22.7 Å². The summed E-state index contributed by atoms with van der Waals surface area (Å²) in [5, 5.41) is 2.09. The molecule has 0 amide bonds. The van der Waals surface area contributed by atoms with Crippen LogP contribution in [0.2, 0.25) is 0 Å². The molecule has 0 radical (unpaired) electrons. The van der Waals surface area contributed by atoms with E-state index in [1.807, 2.05) is 0 Å². The molecule has 0 fully saturated rings. The second-order valence-corrected chi connectivity index (χ2v) is 6.15. The zero-order chi connectivity index (χ0) is 12.7. The van der Waals surface area contributed by atoms with Gasteiger partial charge in [0.1, 0.15) is 0 Å². The van der Waals surface area contributed by atoms with Gasteiger partial charge in [-0.3, -0.25) is 4.90 Å².